The summed E-state index contributed by atoms with van der Waals surface area (Å²) in [6, 6.07) is 1.75. The van der Waals surface area contributed by atoms with E-state index in [0.29, 0.717) is 5.82 Å². The van der Waals surface area contributed by atoms with Crippen molar-refractivity contribution in [1.29, 1.82) is 0 Å². The van der Waals surface area contributed by atoms with Crippen molar-refractivity contribution >= 4 is 11.6 Å². The number of nitrogen functional groups attached to an aromatic ring is 1. The average molecular weight is 164 g/mol. The van der Waals surface area contributed by atoms with Crippen LogP contribution in [0.5, 0.6) is 0 Å². The zero-order valence-electron chi connectivity index (χ0n) is 6.83. The van der Waals surface area contributed by atoms with Crippen LogP contribution < -0.4 is 11.1 Å². The van der Waals surface area contributed by atoms with Gasteiger partial charge in [0.15, 0.2) is 0 Å². The van der Waals surface area contributed by atoms with Crippen LogP contribution in [-0.4, -0.2) is 16.5 Å². The highest BCUT2D eigenvalue weighted by molar-refractivity contribution is 5.43. The van der Waals surface area contributed by atoms with Gasteiger partial charge in [0, 0.05) is 12.6 Å². The van der Waals surface area contributed by atoms with Crippen LogP contribution in [0.1, 0.15) is 12.8 Å². The van der Waals surface area contributed by atoms with E-state index in [-0.39, 0.29) is 0 Å². The van der Waals surface area contributed by atoms with Gasteiger partial charge in [0.2, 0.25) is 0 Å². The number of hydrogen-bond acceptors (Lipinski definition) is 4. The molecule has 0 saturated heterocycles. The molecule has 0 aromatic carbocycles. The summed E-state index contributed by atoms with van der Waals surface area (Å²) in [5.74, 6) is 2.19. The molecule has 1 saturated carbocycles. The van der Waals surface area contributed by atoms with Crippen LogP contribution in [0, 0.1) is 5.92 Å². The first-order valence-electron chi connectivity index (χ1n) is 4.16. The van der Waals surface area contributed by atoms with Crippen molar-refractivity contribution in [2.24, 2.45) is 5.92 Å². The zero-order valence-corrected chi connectivity index (χ0v) is 6.83. The highest BCUT2D eigenvalue weighted by Gasteiger charge is 2.20. The summed E-state index contributed by atoms with van der Waals surface area (Å²) in [7, 11) is 0. The lowest BCUT2D eigenvalue weighted by molar-refractivity contribution is 0.881. The van der Waals surface area contributed by atoms with Crippen LogP contribution in [0.2, 0.25) is 0 Å². The summed E-state index contributed by atoms with van der Waals surface area (Å²) < 4.78 is 0. The molecule has 0 aliphatic heterocycles. The largest absolute Gasteiger partial charge is 0.384 e. The van der Waals surface area contributed by atoms with E-state index in [1.807, 2.05) is 0 Å². The molecule has 1 aromatic heterocycles. The van der Waals surface area contributed by atoms with Crippen molar-refractivity contribution in [1.82, 2.24) is 9.97 Å². The Morgan fingerprint density at radius 1 is 1.50 bits per heavy atom. The molecule has 1 aromatic rings. The second-order valence-electron chi connectivity index (χ2n) is 3.15. The molecule has 1 heterocycles. The molecular weight excluding hydrogens is 152 g/mol. The van der Waals surface area contributed by atoms with E-state index in [0.717, 1.165) is 18.3 Å². The number of hydrogen-bond donors (Lipinski definition) is 2. The normalized spacial score (nSPS) is 16.0. The van der Waals surface area contributed by atoms with Gasteiger partial charge in [0.25, 0.3) is 0 Å². The minimum atomic E-state index is 0.517. The SMILES string of the molecule is Nc1cc(NCC2CC2)ncn1. The monoisotopic (exact) mass is 164 g/mol. The molecule has 4 heteroatoms. The second kappa shape index (κ2) is 2.97. The third-order valence-electron chi connectivity index (χ3n) is 1.96. The summed E-state index contributed by atoms with van der Waals surface area (Å²) >= 11 is 0. The third-order valence-corrected chi connectivity index (χ3v) is 1.96. The van der Waals surface area contributed by atoms with Crippen molar-refractivity contribution in [3.63, 3.8) is 0 Å². The van der Waals surface area contributed by atoms with Crippen LogP contribution >= 0.6 is 0 Å². The molecule has 64 valence electrons. The minimum Gasteiger partial charge on any atom is -0.384 e. The highest BCUT2D eigenvalue weighted by atomic mass is 15.0. The van der Waals surface area contributed by atoms with E-state index in [1.165, 1.54) is 19.2 Å². The summed E-state index contributed by atoms with van der Waals surface area (Å²) in [4.78, 5) is 7.85. The zero-order chi connectivity index (χ0) is 8.39. The molecular formula is C8H12N4. The Bertz CT molecular complexity index is 270. The van der Waals surface area contributed by atoms with Crippen LogP contribution in [0.15, 0.2) is 12.4 Å². The molecule has 3 N–H and O–H groups in total. The van der Waals surface area contributed by atoms with Gasteiger partial charge >= 0.3 is 0 Å². The number of aromatic nitrogens is 2. The van der Waals surface area contributed by atoms with Gasteiger partial charge in [-0.2, -0.15) is 0 Å². The molecule has 0 atom stereocenters. The summed E-state index contributed by atoms with van der Waals surface area (Å²) in [6.07, 6.45) is 4.16. The quantitative estimate of drug-likeness (QED) is 0.696. The Balaban J connectivity index is 1.92. The van der Waals surface area contributed by atoms with E-state index < -0.39 is 0 Å². The number of rotatable bonds is 3. The molecule has 1 fully saturated rings. The van der Waals surface area contributed by atoms with Gasteiger partial charge in [0.05, 0.1) is 0 Å². The van der Waals surface area contributed by atoms with Gasteiger partial charge in [-0.1, -0.05) is 0 Å². The van der Waals surface area contributed by atoms with Crippen molar-refractivity contribution in [3.8, 4) is 0 Å². The van der Waals surface area contributed by atoms with Crippen molar-refractivity contribution in [3.05, 3.63) is 12.4 Å². The fourth-order valence-corrected chi connectivity index (χ4v) is 1.04. The highest BCUT2D eigenvalue weighted by Crippen LogP contribution is 2.28. The lowest BCUT2D eigenvalue weighted by Gasteiger charge is -2.03. The number of nitrogens with two attached hydrogens (primary N) is 1. The van der Waals surface area contributed by atoms with E-state index in [4.69, 9.17) is 5.73 Å². The predicted octanol–water partition coefficient (Wildman–Crippen LogP) is 0.881. The van der Waals surface area contributed by atoms with Gasteiger partial charge in [-0.15, -0.1) is 0 Å². The molecule has 0 radical (unpaired) electrons. The Hall–Kier alpha value is -1.32. The van der Waals surface area contributed by atoms with Crippen LogP contribution in [0.3, 0.4) is 0 Å². The molecule has 12 heavy (non-hydrogen) atoms. The van der Waals surface area contributed by atoms with Crippen LogP contribution in [-0.2, 0) is 0 Å². The fraction of sp³-hybridized carbons (Fsp3) is 0.500. The smallest absolute Gasteiger partial charge is 0.131 e. The Kier molecular flexibility index (Phi) is 1.81. The fourth-order valence-electron chi connectivity index (χ4n) is 1.04. The van der Waals surface area contributed by atoms with Gasteiger partial charge in [0.1, 0.15) is 18.0 Å². The topological polar surface area (TPSA) is 63.8 Å². The van der Waals surface area contributed by atoms with Crippen molar-refractivity contribution < 1.29 is 0 Å². The third kappa shape index (κ3) is 1.84. The maximum absolute atomic E-state index is 5.49. The maximum Gasteiger partial charge on any atom is 0.131 e. The van der Waals surface area contributed by atoms with Gasteiger partial charge in [-0.25, -0.2) is 9.97 Å². The van der Waals surface area contributed by atoms with E-state index in [1.54, 1.807) is 6.07 Å². The van der Waals surface area contributed by atoms with Crippen molar-refractivity contribution in [2.75, 3.05) is 17.6 Å². The molecule has 4 nitrogen and oxygen atoms in total. The van der Waals surface area contributed by atoms with Gasteiger partial charge in [-0.05, 0) is 18.8 Å². The first kappa shape index (κ1) is 7.34. The summed E-state index contributed by atoms with van der Waals surface area (Å²) in [6.45, 7) is 1.01. The van der Waals surface area contributed by atoms with Gasteiger partial charge < -0.3 is 11.1 Å². The molecule has 0 unspecified atom stereocenters. The first-order chi connectivity index (χ1) is 5.84. The van der Waals surface area contributed by atoms with E-state index in [9.17, 15) is 0 Å². The number of nitrogens with zero attached hydrogens (tertiary/aromatic N) is 2. The first-order valence-corrected chi connectivity index (χ1v) is 4.16. The molecule has 0 spiro atoms. The second-order valence-corrected chi connectivity index (χ2v) is 3.15. The Labute approximate surface area is 71.2 Å². The molecule has 1 aliphatic rings. The van der Waals surface area contributed by atoms with Crippen LogP contribution in [0.4, 0.5) is 11.6 Å². The minimum absolute atomic E-state index is 0.517. The number of anilines is 2. The molecule has 1 aliphatic carbocycles. The summed E-state index contributed by atoms with van der Waals surface area (Å²) in [5, 5.41) is 3.22. The van der Waals surface area contributed by atoms with E-state index >= 15 is 0 Å². The average Bonchev–Trinajstić information content (AvgIpc) is 2.84. The van der Waals surface area contributed by atoms with Crippen molar-refractivity contribution in [2.45, 2.75) is 12.8 Å². The molecule has 2 rings (SSSR count). The summed E-state index contributed by atoms with van der Waals surface area (Å²) in [5.41, 5.74) is 5.49. The van der Waals surface area contributed by atoms with E-state index in [2.05, 4.69) is 15.3 Å². The number of nitrogens with one attached hydrogen (secondary N) is 1. The standard InChI is InChI=1S/C8H12N4/c9-7-3-8(12-5-11-7)10-4-6-1-2-6/h3,5-6H,1-2,4H2,(H3,9,10,11,12). The Morgan fingerprint density at radius 2 is 2.33 bits per heavy atom. The Morgan fingerprint density at radius 3 is 3.00 bits per heavy atom. The molecule has 0 bridgehead atoms. The lowest BCUT2D eigenvalue weighted by atomic mass is 10.4. The van der Waals surface area contributed by atoms with Crippen LogP contribution in [0.25, 0.3) is 0 Å². The van der Waals surface area contributed by atoms with Gasteiger partial charge in [-0.3, -0.25) is 0 Å². The maximum atomic E-state index is 5.49. The lowest BCUT2D eigenvalue weighted by Crippen LogP contribution is -2.05. The predicted molar refractivity (Wildman–Crippen MR) is 47.7 cm³/mol. The molecule has 0 amide bonds.